The lowest BCUT2D eigenvalue weighted by molar-refractivity contribution is -0.368. The van der Waals surface area contributed by atoms with E-state index in [0.29, 0.717) is 0 Å². The van der Waals surface area contributed by atoms with E-state index in [1.807, 2.05) is 0 Å². The zero-order valence-electron chi connectivity index (χ0n) is 10.4. The van der Waals surface area contributed by atoms with Crippen molar-refractivity contribution in [3.63, 3.8) is 0 Å². The molecule has 0 aliphatic carbocycles. The number of carbonyl (C=O) groups is 2. The van der Waals surface area contributed by atoms with Crippen LogP contribution in [-0.4, -0.2) is 39.6 Å². The van der Waals surface area contributed by atoms with Crippen molar-refractivity contribution in [2.75, 3.05) is 0 Å². The van der Waals surface area contributed by atoms with Crippen molar-refractivity contribution in [2.45, 2.75) is 51.8 Å². The predicted molar refractivity (Wildman–Crippen MR) is 56.7 cm³/mol. The van der Waals surface area contributed by atoms with Crippen LogP contribution in [0.2, 0.25) is 0 Å². The Morgan fingerprint density at radius 2 is 2.00 bits per heavy atom. The zero-order valence-corrected chi connectivity index (χ0v) is 10.4. The molecule has 1 fully saturated rings. The predicted octanol–water partition coefficient (Wildman–Crippen LogP) is -0.0394. The number of aliphatic hydroxyl groups is 2. The van der Waals surface area contributed by atoms with E-state index in [-0.39, 0.29) is 12.2 Å². The van der Waals surface area contributed by atoms with Crippen molar-refractivity contribution >= 4 is 11.8 Å². The third-order valence-electron chi connectivity index (χ3n) is 2.51. The Balaban J connectivity index is 2.91. The van der Waals surface area contributed by atoms with Gasteiger partial charge in [0, 0.05) is 20.3 Å². The molecule has 0 spiro atoms. The number of esters is 1. The smallest absolute Gasteiger partial charge is 0.319 e. The van der Waals surface area contributed by atoms with Gasteiger partial charge in [0.1, 0.15) is 11.7 Å². The molecule has 0 saturated carbocycles. The Morgan fingerprint density at radius 3 is 2.41 bits per heavy atom. The highest BCUT2D eigenvalue weighted by atomic mass is 16.8. The van der Waals surface area contributed by atoms with E-state index < -0.39 is 29.6 Å². The molecule has 0 bridgehead atoms. The van der Waals surface area contributed by atoms with Crippen LogP contribution in [0.1, 0.15) is 34.1 Å². The quantitative estimate of drug-likeness (QED) is 0.679. The molecule has 3 atom stereocenters. The van der Waals surface area contributed by atoms with Crippen LogP contribution in [-0.2, 0) is 19.1 Å². The van der Waals surface area contributed by atoms with Crippen molar-refractivity contribution in [1.29, 1.82) is 0 Å². The van der Waals surface area contributed by atoms with Gasteiger partial charge >= 0.3 is 5.97 Å². The Hall–Kier alpha value is -0.980. The van der Waals surface area contributed by atoms with Crippen LogP contribution in [0.25, 0.3) is 0 Å². The first-order valence-corrected chi connectivity index (χ1v) is 5.38. The number of ketones is 1. The lowest BCUT2D eigenvalue weighted by atomic mass is 9.89. The molecule has 0 aromatic rings. The molecule has 1 heterocycles. The number of hydrogen-bond acceptors (Lipinski definition) is 6. The van der Waals surface area contributed by atoms with Gasteiger partial charge in [-0.2, -0.15) is 0 Å². The maximum Gasteiger partial charge on any atom is 0.319 e. The normalized spacial score (nSPS) is 34.0. The Kier molecular flexibility index (Phi) is 3.61. The van der Waals surface area contributed by atoms with E-state index in [4.69, 9.17) is 9.47 Å². The summed E-state index contributed by atoms with van der Waals surface area (Å²) >= 11 is 0. The van der Waals surface area contributed by atoms with Crippen LogP contribution in [0.4, 0.5) is 0 Å². The molecule has 1 saturated heterocycles. The molecule has 17 heavy (non-hydrogen) atoms. The summed E-state index contributed by atoms with van der Waals surface area (Å²) in [6.07, 6.45) is -1.56. The molecule has 1 aliphatic heterocycles. The minimum Gasteiger partial charge on any atom is -0.433 e. The Bertz CT molecular complexity index is 333. The third kappa shape index (κ3) is 3.24. The van der Waals surface area contributed by atoms with Gasteiger partial charge in [-0.15, -0.1) is 0 Å². The molecular weight excluding hydrogens is 228 g/mol. The maximum atomic E-state index is 11.7. The van der Waals surface area contributed by atoms with E-state index in [0.717, 1.165) is 0 Å². The second kappa shape index (κ2) is 4.36. The number of Topliss-reactive ketones (excluding diaryl/α,β-unsaturated/α-hetero) is 1. The summed E-state index contributed by atoms with van der Waals surface area (Å²) in [6.45, 7) is 5.51. The van der Waals surface area contributed by atoms with Crippen LogP contribution in [0.5, 0.6) is 0 Å². The standard InChI is InChI=1S/C11H18O6/c1-6(12)5-7(13)8-9(14)16-10(2,3)17-11(8,4)15/h7-8,13,15H,5H2,1-4H3. The summed E-state index contributed by atoms with van der Waals surface area (Å²) in [6, 6.07) is 0. The van der Waals surface area contributed by atoms with Gasteiger partial charge in [-0.25, -0.2) is 0 Å². The van der Waals surface area contributed by atoms with Crippen molar-refractivity contribution in [3.8, 4) is 0 Å². The minimum absolute atomic E-state index is 0.236. The van der Waals surface area contributed by atoms with Gasteiger partial charge in [-0.05, 0) is 13.8 Å². The van der Waals surface area contributed by atoms with Gasteiger partial charge in [0.25, 0.3) is 0 Å². The van der Waals surface area contributed by atoms with Gasteiger partial charge in [0.2, 0.25) is 5.79 Å². The highest BCUT2D eigenvalue weighted by Crippen LogP contribution is 2.36. The van der Waals surface area contributed by atoms with E-state index in [2.05, 4.69) is 0 Å². The van der Waals surface area contributed by atoms with Gasteiger partial charge in [0.15, 0.2) is 5.79 Å². The third-order valence-corrected chi connectivity index (χ3v) is 2.51. The zero-order chi connectivity index (χ0) is 13.4. The number of carbonyl (C=O) groups excluding carboxylic acids is 2. The molecule has 1 aliphatic rings. The van der Waals surface area contributed by atoms with Crippen LogP contribution >= 0.6 is 0 Å². The second-order valence-corrected chi connectivity index (χ2v) is 4.93. The topological polar surface area (TPSA) is 93.1 Å². The van der Waals surface area contributed by atoms with E-state index in [1.165, 1.54) is 27.7 Å². The summed E-state index contributed by atoms with van der Waals surface area (Å²) in [5.74, 6) is -5.48. The first-order valence-electron chi connectivity index (χ1n) is 5.38. The lowest BCUT2D eigenvalue weighted by Crippen LogP contribution is -2.59. The van der Waals surface area contributed by atoms with E-state index in [1.54, 1.807) is 0 Å². The van der Waals surface area contributed by atoms with Gasteiger partial charge in [-0.1, -0.05) is 0 Å². The molecule has 0 aromatic carbocycles. The van der Waals surface area contributed by atoms with Crippen molar-refractivity contribution < 1.29 is 29.3 Å². The largest absolute Gasteiger partial charge is 0.433 e. The van der Waals surface area contributed by atoms with Crippen molar-refractivity contribution in [3.05, 3.63) is 0 Å². The van der Waals surface area contributed by atoms with Gasteiger partial charge in [0.05, 0.1) is 6.10 Å². The molecule has 0 amide bonds. The van der Waals surface area contributed by atoms with Gasteiger partial charge < -0.3 is 19.7 Å². The van der Waals surface area contributed by atoms with Crippen molar-refractivity contribution in [1.82, 2.24) is 0 Å². The molecule has 6 heteroatoms. The van der Waals surface area contributed by atoms with Crippen LogP contribution < -0.4 is 0 Å². The average molecular weight is 246 g/mol. The van der Waals surface area contributed by atoms with Crippen LogP contribution in [0.3, 0.4) is 0 Å². The number of hydrogen-bond donors (Lipinski definition) is 2. The SMILES string of the molecule is CC(=O)CC(O)C1C(=O)OC(C)(C)OC1(C)O. The fourth-order valence-corrected chi connectivity index (χ4v) is 2.03. The maximum absolute atomic E-state index is 11.7. The lowest BCUT2D eigenvalue weighted by Gasteiger charge is -2.44. The number of rotatable bonds is 3. The van der Waals surface area contributed by atoms with Gasteiger partial charge in [-0.3, -0.25) is 9.59 Å². The van der Waals surface area contributed by atoms with E-state index >= 15 is 0 Å². The second-order valence-electron chi connectivity index (χ2n) is 4.93. The Labute approximate surface area is 99.5 Å². The highest BCUT2D eigenvalue weighted by Gasteiger charge is 2.53. The molecule has 6 nitrogen and oxygen atoms in total. The Morgan fingerprint density at radius 1 is 1.47 bits per heavy atom. The monoisotopic (exact) mass is 246 g/mol. The molecular formula is C11H18O6. The minimum atomic E-state index is -1.87. The fraction of sp³-hybridized carbons (Fsp3) is 0.818. The average Bonchev–Trinajstić information content (AvgIpc) is 1.93. The van der Waals surface area contributed by atoms with Crippen LogP contribution in [0.15, 0.2) is 0 Å². The highest BCUT2D eigenvalue weighted by molar-refractivity contribution is 5.79. The number of aliphatic hydroxyl groups excluding tert-OH is 1. The van der Waals surface area contributed by atoms with E-state index in [9.17, 15) is 19.8 Å². The summed E-state index contributed by atoms with van der Waals surface area (Å²) in [5, 5.41) is 19.8. The summed E-state index contributed by atoms with van der Waals surface area (Å²) in [4.78, 5) is 22.6. The van der Waals surface area contributed by atoms with Crippen LogP contribution in [0, 0.1) is 5.92 Å². The number of cyclic esters (lactones) is 1. The summed E-state index contributed by atoms with van der Waals surface area (Å²) in [7, 11) is 0. The molecule has 3 unspecified atom stereocenters. The molecule has 1 rings (SSSR count). The summed E-state index contributed by atoms with van der Waals surface area (Å²) in [5.41, 5.74) is 0. The summed E-state index contributed by atoms with van der Waals surface area (Å²) < 4.78 is 10.1. The molecule has 0 radical (unpaired) electrons. The molecule has 0 aromatic heterocycles. The van der Waals surface area contributed by atoms with Crippen molar-refractivity contribution in [2.24, 2.45) is 5.92 Å². The molecule has 2 N–H and O–H groups in total. The molecule has 98 valence electrons. The first-order chi connectivity index (χ1) is 7.55. The first kappa shape index (κ1) is 14.1. The fourth-order valence-electron chi connectivity index (χ4n) is 2.03. The number of ether oxygens (including phenoxy) is 2.